The van der Waals surface area contributed by atoms with Gasteiger partial charge in [0.1, 0.15) is 4.34 Å². The van der Waals surface area contributed by atoms with Crippen LogP contribution in [0.3, 0.4) is 0 Å². The minimum atomic E-state index is 0.586. The Hall–Kier alpha value is -0.210. The third kappa shape index (κ3) is 1.46. The lowest BCUT2D eigenvalue weighted by Crippen LogP contribution is -2.13. The molecule has 13 heavy (non-hydrogen) atoms. The molecule has 0 saturated heterocycles. The van der Waals surface area contributed by atoms with Crippen LogP contribution in [-0.4, -0.2) is 0 Å². The van der Waals surface area contributed by atoms with Crippen molar-refractivity contribution in [1.29, 1.82) is 0 Å². The molecule has 0 saturated carbocycles. The average molecular weight is 216 g/mol. The maximum atomic E-state index is 6.03. The molecule has 0 spiro atoms. The van der Waals surface area contributed by atoms with Crippen LogP contribution in [0.15, 0.2) is 0 Å². The summed E-state index contributed by atoms with van der Waals surface area (Å²) < 4.78 is 0.783. The Balaban J connectivity index is 2.49. The van der Waals surface area contributed by atoms with Gasteiger partial charge in [-0.25, -0.2) is 0 Å². The Morgan fingerprint density at radius 1 is 1.46 bits per heavy atom. The van der Waals surface area contributed by atoms with E-state index in [1.165, 1.54) is 16.9 Å². The van der Waals surface area contributed by atoms with Crippen LogP contribution in [-0.2, 0) is 6.42 Å². The first kappa shape index (κ1) is 9.35. The zero-order chi connectivity index (χ0) is 9.59. The van der Waals surface area contributed by atoms with Gasteiger partial charge in [-0.2, -0.15) is 0 Å². The van der Waals surface area contributed by atoms with Crippen LogP contribution in [0.2, 0.25) is 4.34 Å². The van der Waals surface area contributed by atoms with Crippen molar-refractivity contribution < 1.29 is 0 Å². The molecule has 0 amide bonds. The van der Waals surface area contributed by atoms with Crippen LogP contribution < -0.4 is 5.73 Å². The molecular weight excluding hydrogens is 202 g/mol. The van der Waals surface area contributed by atoms with Crippen LogP contribution in [0, 0.1) is 5.92 Å². The Kier molecular flexibility index (Phi) is 2.28. The largest absolute Gasteiger partial charge is 0.397 e. The van der Waals surface area contributed by atoms with Crippen molar-refractivity contribution in [3.05, 3.63) is 14.8 Å². The number of hydrogen-bond acceptors (Lipinski definition) is 2. The Morgan fingerprint density at radius 2 is 2.15 bits per heavy atom. The van der Waals surface area contributed by atoms with Crippen molar-refractivity contribution in [2.45, 2.75) is 32.6 Å². The Labute approximate surface area is 87.9 Å². The van der Waals surface area contributed by atoms with E-state index in [1.54, 1.807) is 11.3 Å². The highest BCUT2D eigenvalue weighted by Gasteiger charge is 2.26. The summed E-state index contributed by atoms with van der Waals surface area (Å²) in [6.07, 6.45) is 2.39. The van der Waals surface area contributed by atoms with Crippen LogP contribution in [0.4, 0.5) is 5.69 Å². The van der Waals surface area contributed by atoms with E-state index in [2.05, 4.69) is 13.8 Å². The van der Waals surface area contributed by atoms with Crippen molar-refractivity contribution in [1.82, 2.24) is 0 Å². The highest BCUT2D eigenvalue weighted by molar-refractivity contribution is 7.17. The van der Waals surface area contributed by atoms with Crippen molar-refractivity contribution in [2.24, 2.45) is 5.92 Å². The zero-order valence-electron chi connectivity index (χ0n) is 7.93. The molecule has 2 N–H and O–H groups in total. The topological polar surface area (TPSA) is 26.0 Å². The summed E-state index contributed by atoms with van der Waals surface area (Å²) in [7, 11) is 0. The van der Waals surface area contributed by atoms with E-state index in [4.69, 9.17) is 17.3 Å². The second-order valence-electron chi connectivity index (χ2n) is 4.07. The maximum Gasteiger partial charge on any atom is 0.116 e. The van der Waals surface area contributed by atoms with E-state index in [0.717, 1.165) is 22.4 Å². The summed E-state index contributed by atoms with van der Waals surface area (Å²) in [5, 5.41) is 0. The fourth-order valence-corrected chi connectivity index (χ4v) is 3.89. The molecule has 0 radical (unpaired) electrons. The third-order valence-electron chi connectivity index (χ3n) is 2.80. The molecule has 1 heterocycles. The first-order valence-corrected chi connectivity index (χ1v) is 5.85. The molecule has 1 aromatic heterocycles. The highest BCUT2D eigenvalue weighted by Crippen LogP contribution is 2.45. The van der Waals surface area contributed by atoms with Crippen molar-refractivity contribution in [2.75, 3.05) is 5.73 Å². The van der Waals surface area contributed by atoms with Gasteiger partial charge in [0.15, 0.2) is 0 Å². The highest BCUT2D eigenvalue weighted by atomic mass is 35.5. The standard InChI is InChI=1S/C10H14ClNS/c1-5-3-6(2)8-7(4-5)13-10(11)9(8)12/h5-6H,3-4,12H2,1-2H3. The minimum Gasteiger partial charge on any atom is -0.397 e. The SMILES string of the molecule is CC1Cc2sc(Cl)c(N)c2C(C)C1. The fraction of sp³-hybridized carbons (Fsp3) is 0.600. The number of halogens is 1. The maximum absolute atomic E-state index is 6.03. The van der Waals surface area contributed by atoms with Crippen LogP contribution in [0.1, 0.15) is 36.6 Å². The molecule has 2 atom stereocenters. The summed E-state index contributed by atoms with van der Waals surface area (Å²) in [6.45, 7) is 4.54. The molecule has 2 unspecified atom stereocenters. The molecule has 1 aliphatic carbocycles. The lowest BCUT2D eigenvalue weighted by molar-refractivity contribution is 0.456. The summed E-state index contributed by atoms with van der Waals surface area (Å²) in [5.74, 6) is 1.36. The van der Waals surface area contributed by atoms with Gasteiger partial charge in [0.2, 0.25) is 0 Å². The summed E-state index contributed by atoms with van der Waals surface area (Å²) in [5.41, 5.74) is 8.10. The molecule has 72 valence electrons. The van der Waals surface area contributed by atoms with Gasteiger partial charge in [-0.05, 0) is 30.2 Å². The molecule has 0 aliphatic heterocycles. The van der Waals surface area contributed by atoms with E-state index < -0.39 is 0 Å². The Morgan fingerprint density at radius 3 is 2.85 bits per heavy atom. The van der Waals surface area contributed by atoms with Crippen molar-refractivity contribution >= 4 is 28.6 Å². The smallest absolute Gasteiger partial charge is 0.116 e. The van der Waals surface area contributed by atoms with Crippen molar-refractivity contribution in [3.63, 3.8) is 0 Å². The molecule has 1 aliphatic rings. The van der Waals surface area contributed by atoms with E-state index >= 15 is 0 Å². The molecule has 0 aromatic carbocycles. The van der Waals surface area contributed by atoms with E-state index in [-0.39, 0.29) is 0 Å². The zero-order valence-corrected chi connectivity index (χ0v) is 9.50. The molecule has 0 bridgehead atoms. The molecule has 3 heteroatoms. The molecule has 1 nitrogen and oxygen atoms in total. The van der Waals surface area contributed by atoms with Crippen molar-refractivity contribution in [3.8, 4) is 0 Å². The van der Waals surface area contributed by atoms with E-state index in [9.17, 15) is 0 Å². The number of hydrogen-bond donors (Lipinski definition) is 1. The predicted molar refractivity (Wildman–Crippen MR) is 59.6 cm³/mol. The molecular formula is C10H14ClNS. The number of fused-ring (bicyclic) bond motifs is 1. The van der Waals surface area contributed by atoms with Gasteiger partial charge in [0, 0.05) is 4.88 Å². The fourth-order valence-electron chi connectivity index (χ4n) is 2.29. The van der Waals surface area contributed by atoms with E-state index in [0.29, 0.717) is 5.92 Å². The quantitative estimate of drug-likeness (QED) is 0.702. The summed E-state index contributed by atoms with van der Waals surface area (Å²) >= 11 is 7.69. The minimum absolute atomic E-state index is 0.586. The number of rotatable bonds is 0. The number of nitrogen functional groups attached to an aromatic ring is 1. The van der Waals surface area contributed by atoms with Gasteiger partial charge in [0.05, 0.1) is 5.69 Å². The average Bonchev–Trinajstić information content (AvgIpc) is 2.27. The Bertz CT molecular complexity index is 332. The molecule has 2 rings (SSSR count). The summed E-state index contributed by atoms with van der Waals surface area (Å²) in [6, 6.07) is 0. The van der Waals surface area contributed by atoms with Gasteiger partial charge >= 0.3 is 0 Å². The predicted octanol–water partition coefficient (Wildman–Crippen LogP) is 3.67. The number of thiophene rings is 1. The normalized spacial score (nSPS) is 27.3. The third-order valence-corrected chi connectivity index (χ3v) is 4.26. The van der Waals surface area contributed by atoms with Gasteiger partial charge in [-0.1, -0.05) is 25.4 Å². The van der Waals surface area contributed by atoms with Crippen LogP contribution >= 0.6 is 22.9 Å². The number of nitrogens with two attached hydrogens (primary N) is 1. The second-order valence-corrected chi connectivity index (χ2v) is 5.78. The van der Waals surface area contributed by atoms with Crippen LogP contribution in [0.5, 0.6) is 0 Å². The first-order chi connectivity index (χ1) is 6.09. The lowest BCUT2D eigenvalue weighted by Gasteiger charge is -2.24. The van der Waals surface area contributed by atoms with E-state index in [1.807, 2.05) is 0 Å². The van der Waals surface area contributed by atoms with Gasteiger partial charge in [-0.3, -0.25) is 0 Å². The van der Waals surface area contributed by atoms with Gasteiger partial charge in [0.25, 0.3) is 0 Å². The molecule has 0 fully saturated rings. The first-order valence-electron chi connectivity index (χ1n) is 4.66. The number of anilines is 1. The van der Waals surface area contributed by atoms with Gasteiger partial charge in [-0.15, -0.1) is 11.3 Å². The monoisotopic (exact) mass is 215 g/mol. The second kappa shape index (κ2) is 3.18. The summed E-state index contributed by atoms with van der Waals surface area (Å²) in [4.78, 5) is 1.41. The van der Waals surface area contributed by atoms with Crippen LogP contribution in [0.25, 0.3) is 0 Å². The lowest BCUT2D eigenvalue weighted by atomic mass is 9.82. The molecule has 1 aromatic rings. The van der Waals surface area contributed by atoms with Gasteiger partial charge < -0.3 is 5.73 Å².